The summed E-state index contributed by atoms with van der Waals surface area (Å²) in [5, 5.41) is 0. The van der Waals surface area contributed by atoms with E-state index in [0.717, 1.165) is 12.8 Å². The normalized spacial score (nSPS) is 12.9. The molecule has 0 saturated carbocycles. The first-order chi connectivity index (χ1) is 7.64. The van der Waals surface area contributed by atoms with E-state index in [1.54, 1.807) is 0 Å². The summed E-state index contributed by atoms with van der Waals surface area (Å²) in [4.78, 5) is 7.10. The molecule has 0 aliphatic heterocycles. The second-order valence-corrected chi connectivity index (χ2v) is 11.9. The van der Waals surface area contributed by atoms with Gasteiger partial charge in [-0.15, -0.1) is 0 Å². The molecule has 0 aliphatic rings. The molecule has 0 aromatic heterocycles. The minimum absolute atomic E-state index is 1.03. The van der Waals surface area contributed by atoms with Crippen LogP contribution in [0.25, 0.3) is 0 Å². The van der Waals surface area contributed by atoms with E-state index in [-0.39, 0.29) is 0 Å². The molecule has 3 heteroatoms. The van der Waals surface area contributed by atoms with Crippen molar-refractivity contribution < 1.29 is 0 Å². The maximum atomic E-state index is 4.32. The summed E-state index contributed by atoms with van der Waals surface area (Å²) < 4.78 is 2.60. The maximum absolute atomic E-state index is 4.32. The third kappa shape index (κ3) is 4.79. The molecule has 16 heavy (non-hydrogen) atoms. The van der Waals surface area contributed by atoms with Gasteiger partial charge in [0.1, 0.15) is 0 Å². The summed E-state index contributed by atoms with van der Waals surface area (Å²) in [6.45, 7) is 9.10. The molecule has 0 heterocycles. The van der Waals surface area contributed by atoms with Crippen molar-refractivity contribution in [3.05, 3.63) is 11.8 Å². The summed E-state index contributed by atoms with van der Waals surface area (Å²) in [6.07, 6.45) is 4.45. The summed E-state index contributed by atoms with van der Waals surface area (Å²) >= 11 is -1.22. The Morgan fingerprint density at radius 2 is 1.69 bits per heavy atom. The van der Waals surface area contributed by atoms with Crippen molar-refractivity contribution in [3.63, 3.8) is 0 Å². The van der Waals surface area contributed by atoms with E-state index >= 15 is 0 Å². The Kier molecular flexibility index (Phi) is 8.85. The fourth-order valence-electron chi connectivity index (χ4n) is 2.04. The molecule has 0 aromatic carbocycles. The molecule has 92 valence electrons. The van der Waals surface area contributed by atoms with E-state index in [0.29, 0.717) is 0 Å². The zero-order valence-corrected chi connectivity index (χ0v) is 14.3. The van der Waals surface area contributed by atoms with Crippen molar-refractivity contribution in [1.29, 1.82) is 0 Å². The standard InChI is InChI=1S/C9H17N2.2C2H5.Ga/c1-5-8(10-3)7-9(6-2)11-4;2*1-2;/h7H,5-6H2,1-4H3;2*1H2,2H3;/q-1;;;+1/b8-7-,11-9?;;;. The van der Waals surface area contributed by atoms with Gasteiger partial charge in [-0.1, -0.05) is 0 Å². The molecule has 0 amide bonds. The van der Waals surface area contributed by atoms with Gasteiger partial charge in [-0.25, -0.2) is 0 Å². The molecule has 0 unspecified atom stereocenters. The van der Waals surface area contributed by atoms with E-state index in [4.69, 9.17) is 0 Å². The number of hydrogen-bond donors (Lipinski definition) is 0. The van der Waals surface area contributed by atoms with Crippen LogP contribution in [0.2, 0.25) is 9.95 Å². The number of hydrogen-bond acceptors (Lipinski definition) is 2. The van der Waals surface area contributed by atoms with E-state index in [1.807, 2.05) is 7.05 Å². The second-order valence-electron chi connectivity index (χ2n) is 4.14. The molecule has 0 radical (unpaired) electrons. The van der Waals surface area contributed by atoms with Crippen LogP contribution in [0.4, 0.5) is 0 Å². The molecule has 0 atom stereocenters. The first kappa shape index (κ1) is 15.8. The van der Waals surface area contributed by atoms with Gasteiger partial charge in [0.15, 0.2) is 0 Å². The minimum atomic E-state index is -1.22. The van der Waals surface area contributed by atoms with Crippen LogP contribution in [0.3, 0.4) is 0 Å². The Hall–Kier alpha value is -0.154. The Bertz CT molecular complexity index is 242. The molecule has 0 fully saturated rings. The number of nitrogens with zero attached hydrogens (tertiary/aromatic N) is 2. The topological polar surface area (TPSA) is 15.6 Å². The van der Waals surface area contributed by atoms with Gasteiger partial charge in [-0.2, -0.15) is 0 Å². The molecule has 0 rings (SSSR count). The van der Waals surface area contributed by atoms with Crippen molar-refractivity contribution in [2.24, 2.45) is 4.99 Å². The van der Waals surface area contributed by atoms with Crippen molar-refractivity contribution in [2.45, 2.75) is 50.5 Å². The van der Waals surface area contributed by atoms with Crippen LogP contribution in [-0.2, 0) is 0 Å². The predicted molar refractivity (Wildman–Crippen MR) is 76.5 cm³/mol. The zero-order chi connectivity index (χ0) is 12.6. The van der Waals surface area contributed by atoms with Crippen LogP contribution in [0, 0.1) is 0 Å². The Morgan fingerprint density at radius 1 is 1.12 bits per heavy atom. The van der Waals surface area contributed by atoms with Gasteiger partial charge < -0.3 is 0 Å². The van der Waals surface area contributed by atoms with Gasteiger partial charge in [0.05, 0.1) is 0 Å². The molecule has 0 bridgehead atoms. The van der Waals surface area contributed by atoms with Crippen LogP contribution in [-0.4, -0.2) is 39.9 Å². The Labute approximate surface area is 107 Å². The van der Waals surface area contributed by atoms with E-state index in [1.165, 1.54) is 21.4 Å². The third-order valence-corrected chi connectivity index (χ3v) is 10.2. The van der Waals surface area contributed by atoms with Crippen molar-refractivity contribution in [3.8, 4) is 0 Å². The number of rotatable bonds is 7. The van der Waals surface area contributed by atoms with Crippen LogP contribution < -0.4 is 0 Å². The van der Waals surface area contributed by atoms with Crippen LogP contribution in [0.15, 0.2) is 16.8 Å². The van der Waals surface area contributed by atoms with Gasteiger partial charge in [0.2, 0.25) is 0 Å². The number of allylic oxidation sites excluding steroid dienone is 2. The van der Waals surface area contributed by atoms with Crippen LogP contribution >= 0.6 is 0 Å². The average molecular weight is 281 g/mol. The Morgan fingerprint density at radius 3 is 2.00 bits per heavy atom. The number of aliphatic imine (C=N–C) groups is 1. The summed E-state index contributed by atoms with van der Waals surface area (Å²) in [5.41, 5.74) is 2.70. The van der Waals surface area contributed by atoms with Crippen molar-refractivity contribution in [2.75, 3.05) is 14.1 Å². The van der Waals surface area contributed by atoms with Crippen molar-refractivity contribution in [1.82, 2.24) is 3.61 Å². The molecule has 0 aromatic rings. The van der Waals surface area contributed by atoms with E-state index < -0.39 is 16.5 Å². The molecule has 0 N–H and O–H groups in total. The van der Waals surface area contributed by atoms with Gasteiger partial charge >= 0.3 is 107 Å². The zero-order valence-electron chi connectivity index (χ0n) is 11.9. The van der Waals surface area contributed by atoms with Gasteiger partial charge in [0, 0.05) is 0 Å². The first-order valence-corrected chi connectivity index (χ1v) is 11.0. The average Bonchev–Trinajstić information content (AvgIpc) is 2.32. The van der Waals surface area contributed by atoms with Crippen LogP contribution in [0.5, 0.6) is 0 Å². The monoisotopic (exact) mass is 280 g/mol. The fourth-order valence-corrected chi connectivity index (χ4v) is 7.07. The third-order valence-electron chi connectivity index (χ3n) is 3.29. The van der Waals surface area contributed by atoms with E-state index in [2.05, 4.69) is 49.4 Å². The quantitative estimate of drug-likeness (QED) is 0.513. The summed E-state index contributed by atoms with van der Waals surface area (Å²) in [5.74, 6) is 0. The first-order valence-electron chi connectivity index (χ1n) is 6.53. The SMILES string of the molecule is CCC(/C=C(/CC)[N](C)[Ga]([CH2]C)[CH2]C)=NC. The molecule has 0 saturated heterocycles. The van der Waals surface area contributed by atoms with Crippen LogP contribution in [0.1, 0.15) is 40.5 Å². The summed E-state index contributed by atoms with van der Waals surface area (Å²) in [7, 11) is 4.18. The Balaban J connectivity index is 4.83. The van der Waals surface area contributed by atoms with Gasteiger partial charge in [0.25, 0.3) is 0 Å². The predicted octanol–water partition coefficient (Wildman–Crippen LogP) is 3.72. The molecule has 2 nitrogen and oxygen atoms in total. The van der Waals surface area contributed by atoms with Gasteiger partial charge in [-0.3, -0.25) is 0 Å². The molecular weight excluding hydrogens is 254 g/mol. The molecule has 0 spiro atoms. The molecule has 0 aliphatic carbocycles. The van der Waals surface area contributed by atoms with E-state index in [9.17, 15) is 0 Å². The molecular formula is C13H27GaN2. The fraction of sp³-hybridized carbons (Fsp3) is 0.769. The second kappa shape index (κ2) is 8.94. The van der Waals surface area contributed by atoms with Crippen molar-refractivity contribution >= 4 is 22.2 Å². The van der Waals surface area contributed by atoms with Gasteiger partial charge in [-0.05, 0) is 0 Å². The summed E-state index contributed by atoms with van der Waals surface area (Å²) in [6, 6.07) is 0.